The molecule has 0 unspecified atom stereocenters. The van der Waals surface area contributed by atoms with Crippen molar-refractivity contribution in [3.05, 3.63) is 58.2 Å². The van der Waals surface area contributed by atoms with Crippen LogP contribution >= 0.6 is 34.7 Å². The van der Waals surface area contributed by atoms with Crippen LogP contribution in [0.3, 0.4) is 0 Å². The molecule has 2 atom stereocenters. The van der Waals surface area contributed by atoms with Crippen LogP contribution in [0.25, 0.3) is 5.52 Å². The molecule has 2 amide bonds. The number of aliphatic carboxylic acids is 1. The zero-order chi connectivity index (χ0) is 26.3. The van der Waals surface area contributed by atoms with Gasteiger partial charge in [-0.3, -0.25) is 14.5 Å². The molecule has 2 aliphatic heterocycles. The van der Waals surface area contributed by atoms with Crippen molar-refractivity contribution >= 4 is 68.8 Å². The summed E-state index contributed by atoms with van der Waals surface area (Å²) in [5.74, 6) is -2.10. The number of fused-ring (bicyclic) bond motifs is 2. The first-order valence-corrected chi connectivity index (χ1v) is 13.3. The Morgan fingerprint density at radius 3 is 2.92 bits per heavy atom. The molecule has 3 aromatic heterocycles. The van der Waals surface area contributed by atoms with Crippen LogP contribution in [0.4, 0.5) is 5.13 Å². The van der Waals surface area contributed by atoms with Gasteiger partial charge < -0.3 is 21.0 Å². The number of thiazole rings is 1. The Balaban J connectivity index is 1.36. The molecule has 0 bridgehead atoms. The SMILES string of the molecule is CCO/N=C(\C(=O)N[C@@H]1C(=O)N2C(C(=O)O)=C(C[n+]3cc4ccccn4c3)CS[C@H]12)c1nc(N)sc1Cl. The number of amides is 2. The van der Waals surface area contributed by atoms with Crippen LogP contribution in [0, 0.1) is 0 Å². The Morgan fingerprint density at radius 1 is 1.43 bits per heavy atom. The molecule has 37 heavy (non-hydrogen) atoms. The fraction of sp³-hybridized carbons (Fsp3) is 0.273. The summed E-state index contributed by atoms with van der Waals surface area (Å²) in [7, 11) is 0. The molecule has 0 radical (unpaired) electrons. The van der Waals surface area contributed by atoms with Gasteiger partial charge in [0.05, 0.1) is 6.20 Å². The van der Waals surface area contributed by atoms with Crippen molar-refractivity contribution in [1.29, 1.82) is 0 Å². The summed E-state index contributed by atoms with van der Waals surface area (Å²) in [6.07, 6.45) is 5.65. The maximum absolute atomic E-state index is 13.1. The van der Waals surface area contributed by atoms with Crippen LogP contribution in [-0.4, -0.2) is 66.7 Å². The monoisotopic (exact) mass is 562 g/mol. The number of nitrogens with one attached hydrogen (secondary N) is 1. The lowest BCUT2D eigenvalue weighted by molar-refractivity contribution is -0.687. The van der Waals surface area contributed by atoms with E-state index in [1.54, 1.807) is 6.92 Å². The predicted molar refractivity (Wildman–Crippen MR) is 137 cm³/mol. The van der Waals surface area contributed by atoms with Crippen LogP contribution in [0.1, 0.15) is 12.6 Å². The normalized spacial score (nSPS) is 19.6. The molecule has 4 N–H and O–H groups in total. The summed E-state index contributed by atoms with van der Waals surface area (Å²) in [6.45, 7) is 2.18. The number of nitrogens with two attached hydrogens (primary N) is 1. The molecule has 0 aliphatic carbocycles. The number of nitrogen functional groups attached to an aromatic ring is 1. The molecule has 0 spiro atoms. The topological polar surface area (TPSA) is 156 Å². The van der Waals surface area contributed by atoms with Crippen LogP contribution in [0.2, 0.25) is 4.34 Å². The van der Waals surface area contributed by atoms with Crippen molar-refractivity contribution in [2.45, 2.75) is 24.9 Å². The summed E-state index contributed by atoms with van der Waals surface area (Å²) in [6, 6.07) is 4.80. The Kier molecular flexibility index (Phi) is 6.79. The van der Waals surface area contributed by atoms with E-state index in [9.17, 15) is 19.5 Å². The average Bonchev–Trinajstić information content (AvgIpc) is 3.43. The number of carboxylic acids is 1. The van der Waals surface area contributed by atoms with Crippen molar-refractivity contribution in [1.82, 2.24) is 19.6 Å². The van der Waals surface area contributed by atoms with E-state index in [1.807, 2.05) is 45.9 Å². The van der Waals surface area contributed by atoms with Gasteiger partial charge in [0.2, 0.25) is 6.33 Å². The Labute approximate surface area is 223 Å². The highest BCUT2D eigenvalue weighted by Gasteiger charge is 2.54. The molecule has 5 heterocycles. The number of carbonyl (C=O) groups excluding carboxylic acids is 2. The Hall–Kier alpha value is -3.62. The second-order valence-corrected chi connectivity index (χ2v) is 10.8. The molecule has 3 aromatic rings. The maximum Gasteiger partial charge on any atom is 0.352 e. The minimum absolute atomic E-state index is 0.0421. The molecule has 15 heteroatoms. The van der Waals surface area contributed by atoms with Gasteiger partial charge >= 0.3 is 5.97 Å². The van der Waals surface area contributed by atoms with Gasteiger partial charge in [0.15, 0.2) is 16.4 Å². The number of aromatic nitrogens is 3. The number of rotatable bonds is 8. The first kappa shape index (κ1) is 25.0. The molecule has 0 aromatic carbocycles. The predicted octanol–water partition coefficient (Wildman–Crippen LogP) is 1.10. The average molecular weight is 563 g/mol. The smallest absolute Gasteiger partial charge is 0.352 e. The van der Waals surface area contributed by atoms with Gasteiger partial charge in [-0.2, -0.15) is 0 Å². The van der Waals surface area contributed by atoms with Gasteiger partial charge in [-0.1, -0.05) is 34.2 Å². The molecule has 1 fully saturated rings. The van der Waals surface area contributed by atoms with Gasteiger partial charge in [0, 0.05) is 11.3 Å². The lowest BCUT2D eigenvalue weighted by Crippen LogP contribution is -2.71. The van der Waals surface area contributed by atoms with Crippen molar-refractivity contribution in [3.63, 3.8) is 0 Å². The van der Waals surface area contributed by atoms with E-state index in [0.29, 0.717) is 17.9 Å². The number of hydrogen-bond donors (Lipinski definition) is 3. The van der Waals surface area contributed by atoms with Crippen LogP contribution in [0.5, 0.6) is 0 Å². The number of carbonyl (C=O) groups is 3. The Morgan fingerprint density at radius 2 is 2.24 bits per heavy atom. The lowest BCUT2D eigenvalue weighted by atomic mass is 10.0. The highest BCUT2D eigenvalue weighted by molar-refractivity contribution is 8.00. The van der Waals surface area contributed by atoms with Crippen LogP contribution in [0.15, 0.2) is 53.3 Å². The molecule has 12 nitrogen and oxygen atoms in total. The van der Waals surface area contributed by atoms with Crippen LogP contribution < -0.4 is 15.6 Å². The van der Waals surface area contributed by atoms with E-state index in [0.717, 1.165) is 16.9 Å². The van der Waals surface area contributed by atoms with Crippen molar-refractivity contribution < 1.29 is 28.9 Å². The van der Waals surface area contributed by atoms with E-state index < -0.39 is 29.2 Å². The van der Waals surface area contributed by atoms with E-state index in [1.165, 1.54) is 16.7 Å². The van der Waals surface area contributed by atoms with Crippen molar-refractivity contribution in [3.8, 4) is 0 Å². The second-order valence-electron chi connectivity index (χ2n) is 8.10. The van der Waals surface area contributed by atoms with Crippen LogP contribution in [-0.2, 0) is 25.8 Å². The third-order valence-electron chi connectivity index (χ3n) is 5.73. The van der Waals surface area contributed by atoms with E-state index in [4.69, 9.17) is 22.2 Å². The minimum Gasteiger partial charge on any atom is -0.477 e. The molecule has 1 saturated heterocycles. The van der Waals surface area contributed by atoms with Gasteiger partial charge in [0.1, 0.15) is 46.5 Å². The number of nitrogens with zero attached hydrogens (tertiary/aromatic N) is 5. The number of pyridine rings is 1. The fourth-order valence-electron chi connectivity index (χ4n) is 4.15. The number of halogens is 1. The third-order valence-corrected chi connectivity index (χ3v) is 8.15. The third kappa shape index (κ3) is 4.63. The summed E-state index contributed by atoms with van der Waals surface area (Å²) in [5, 5.41) is 16.0. The number of imidazole rings is 1. The van der Waals surface area contributed by atoms with Gasteiger partial charge in [0.25, 0.3) is 11.8 Å². The van der Waals surface area contributed by atoms with Gasteiger partial charge in [-0.15, -0.1) is 11.8 Å². The Bertz CT molecular complexity index is 1450. The number of thioether (sulfide) groups is 1. The number of anilines is 1. The number of carboxylic acid groups (broad SMARTS) is 1. The molecule has 2 aliphatic rings. The first-order valence-electron chi connectivity index (χ1n) is 11.1. The van der Waals surface area contributed by atoms with E-state index >= 15 is 0 Å². The maximum atomic E-state index is 13.1. The van der Waals surface area contributed by atoms with Gasteiger partial charge in [-0.25, -0.2) is 18.7 Å². The van der Waals surface area contributed by atoms with Gasteiger partial charge in [-0.05, 0) is 19.1 Å². The largest absolute Gasteiger partial charge is 0.477 e. The summed E-state index contributed by atoms with van der Waals surface area (Å²) < 4.78 is 3.94. The van der Waals surface area contributed by atoms with Crippen molar-refractivity contribution in [2.75, 3.05) is 18.1 Å². The minimum atomic E-state index is -1.20. The quantitative estimate of drug-likeness (QED) is 0.159. The summed E-state index contributed by atoms with van der Waals surface area (Å²) in [4.78, 5) is 48.7. The molecule has 5 rings (SSSR count). The second kappa shape index (κ2) is 10.0. The number of oxime groups is 1. The standard InChI is InChI=1S/C22H20ClN7O5S2/c1-2-35-27-14(13-17(23)37-22(24)26-13)18(31)25-15-19(32)30-16(21(33)34)11(9-36-20(15)30)7-28-8-12-5-3-4-6-29(12)10-28/h3-6,8,10,15,20H,2,7,9H2,1H3,(H3-,24,25,26,31,33,34)/p+1/b27-14-/t15-,20-/m1/s1. The van der Waals surface area contributed by atoms with E-state index in [2.05, 4.69) is 15.5 Å². The highest BCUT2D eigenvalue weighted by atomic mass is 35.5. The number of β-lactam (4-membered cyclic amide) rings is 1. The van der Waals surface area contributed by atoms with E-state index in [-0.39, 0.29) is 33.2 Å². The lowest BCUT2D eigenvalue weighted by Gasteiger charge is -2.49. The molecule has 0 saturated carbocycles. The zero-order valence-corrected chi connectivity index (χ0v) is 21.7. The zero-order valence-electron chi connectivity index (χ0n) is 19.3. The number of hydrogen-bond acceptors (Lipinski definition) is 9. The highest BCUT2D eigenvalue weighted by Crippen LogP contribution is 2.40. The van der Waals surface area contributed by atoms with Crippen molar-refractivity contribution in [2.24, 2.45) is 5.16 Å². The molecular formula is C22H21ClN7O5S2+. The molecular weight excluding hydrogens is 542 g/mol. The summed E-state index contributed by atoms with van der Waals surface area (Å²) >= 11 is 8.50. The molecule has 192 valence electrons. The first-order chi connectivity index (χ1) is 17.8. The fourth-order valence-corrected chi connectivity index (χ4v) is 6.42. The summed E-state index contributed by atoms with van der Waals surface area (Å²) in [5.41, 5.74) is 6.99.